The van der Waals surface area contributed by atoms with Crippen molar-refractivity contribution in [1.29, 1.82) is 0 Å². The Bertz CT molecular complexity index is 767. The van der Waals surface area contributed by atoms with Crippen molar-refractivity contribution < 1.29 is 9.47 Å². The van der Waals surface area contributed by atoms with E-state index in [9.17, 15) is 0 Å². The van der Waals surface area contributed by atoms with Gasteiger partial charge in [0.25, 0.3) is 0 Å². The second-order valence-electron chi connectivity index (χ2n) is 6.86. The second kappa shape index (κ2) is 9.76. The van der Waals surface area contributed by atoms with Crippen LogP contribution in [0.25, 0.3) is 0 Å². The first-order chi connectivity index (χ1) is 13.2. The van der Waals surface area contributed by atoms with E-state index in [0.717, 1.165) is 43.3 Å². The molecule has 2 heterocycles. The van der Waals surface area contributed by atoms with E-state index in [-0.39, 0.29) is 6.10 Å². The van der Waals surface area contributed by atoms with Crippen molar-refractivity contribution in [3.63, 3.8) is 0 Å². The molecule has 0 radical (unpaired) electrons. The van der Waals surface area contributed by atoms with E-state index in [1.165, 1.54) is 16.0 Å². The van der Waals surface area contributed by atoms with Gasteiger partial charge in [-0.3, -0.25) is 4.99 Å². The van der Waals surface area contributed by atoms with Gasteiger partial charge in [-0.25, -0.2) is 0 Å². The molecular formula is C21H29N3O2S. The summed E-state index contributed by atoms with van der Waals surface area (Å²) in [5.41, 5.74) is 3.62. The third kappa shape index (κ3) is 5.71. The summed E-state index contributed by atoms with van der Waals surface area (Å²) in [6.45, 7) is 7.11. The number of hydrogen-bond acceptors (Lipinski definition) is 4. The van der Waals surface area contributed by atoms with Crippen LogP contribution in [0.2, 0.25) is 0 Å². The monoisotopic (exact) mass is 387 g/mol. The fourth-order valence-corrected chi connectivity index (χ4v) is 3.90. The van der Waals surface area contributed by atoms with Crippen LogP contribution < -0.4 is 15.4 Å². The standard InChI is InChI=1S/C21H29N3O2S/c1-15-6-7-17(19(11-15)26-14-18-5-4-9-25-18)12-23-21(22-3)24-13-20-16(2)8-10-27-20/h6-8,10-11,18H,4-5,9,12-14H2,1-3H3,(H2,22,23,24). The molecule has 0 saturated carbocycles. The fourth-order valence-electron chi connectivity index (χ4n) is 3.05. The van der Waals surface area contributed by atoms with Crippen LogP contribution in [0.15, 0.2) is 34.6 Å². The molecule has 6 heteroatoms. The van der Waals surface area contributed by atoms with Gasteiger partial charge in [0, 0.05) is 30.6 Å². The lowest BCUT2D eigenvalue weighted by atomic mass is 10.1. The highest BCUT2D eigenvalue weighted by Crippen LogP contribution is 2.22. The summed E-state index contributed by atoms with van der Waals surface area (Å²) in [5, 5.41) is 8.88. The Morgan fingerprint density at radius 3 is 2.81 bits per heavy atom. The molecule has 5 nitrogen and oxygen atoms in total. The molecule has 3 rings (SSSR count). The van der Waals surface area contributed by atoms with Crippen LogP contribution in [0.1, 0.15) is 34.4 Å². The zero-order chi connectivity index (χ0) is 19.1. The van der Waals surface area contributed by atoms with Crippen molar-refractivity contribution in [2.24, 2.45) is 4.99 Å². The Kier molecular flexibility index (Phi) is 7.12. The molecule has 1 aromatic heterocycles. The van der Waals surface area contributed by atoms with Gasteiger partial charge < -0.3 is 20.1 Å². The third-order valence-electron chi connectivity index (χ3n) is 4.73. The minimum Gasteiger partial charge on any atom is -0.491 e. The maximum Gasteiger partial charge on any atom is 0.191 e. The van der Waals surface area contributed by atoms with Crippen molar-refractivity contribution in [2.75, 3.05) is 20.3 Å². The Balaban J connectivity index is 1.56. The Labute approximate surface area is 165 Å². The first kappa shape index (κ1) is 19.7. The molecule has 0 bridgehead atoms. The third-order valence-corrected chi connectivity index (χ3v) is 5.75. The summed E-state index contributed by atoms with van der Waals surface area (Å²) < 4.78 is 11.7. The summed E-state index contributed by atoms with van der Waals surface area (Å²) in [6.07, 6.45) is 2.43. The molecule has 146 valence electrons. The summed E-state index contributed by atoms with van der Waals surface area (Å²) in [4.78, 5) is 5.65. The molecule has 1 aliphatic heterocycles. The largest absolute Gasteiger partial charge is 0.491 e. The number of aryl methyl sites for hydroxylation is 2. The van der Waals surface area contributed by atoms with E-state index in [2.05, 4.69) is 59.1 Å². The minimum atomic E-state index is 0.217. The summed E-state index contributed by atoms with van der Waals surface area (Å²) in [5.74, 6) is 1.70. The van der Waals surface area contributed by atoms with Crippen molar-refractivity contribution in [3.8, 4) is 5.75 Å². The number of benzene rings is 1. The van der Waals surface area contributed by atoms with Gasteiger partial charge in [0.2, 0.25) is 0 Å². The van der Waals surface area contributed by atoms with E-state index in [0.29, 0.717) is 13.2 Å². The topological polar surface area (TPSA) is 54.9 Å². The molecule has 1 unspecified atom stereocenters. The van der Waals surface area contributed by atoms with Crippen molar-refractivity contribution >= 4 is 17.3 Å². The van der Waals surface area contributed by atoms with Gasteiger partial charge in [0.15, 0.2) is 5.96 Å². The molecule has 1 saturated heterocycles. The fraction of sp³-hybridized carbons (Fsp3) is 0.476. The lowest BCUT2D eigenvalue weighted by Crippen LogP contribution is -2.36. The number of nitrogens with zero attached hydrogens (tertiary/aromatic N) is 1. The summed E-state index contributed by atoms with van der Waals surface area (Å²) in [6, 6.07) is 8.46. The Morgan fingerprint density at radius 2 is 2.11 bits per heavy atom. The van der Waals surface area contributed by atoms with Crippen molar-refractivity contribution in [1.82, 2.24) is 10.6 Å². The molecule has 0 aliphatic carbocycles. The molecule has 2 N–H and O–H groups in total. The normalized spacial score (nSPS) is 17.1. The van der Waals surface area contributed by atoms with E-state index in [4.69, 9.17) is 9.47 Å². The molecule has 1 atom stereocenters. The van der Waals surface area contributed by atoms with Crippen molar-refractivity contribution in [2.45, 2.75) is 45.9 Å². The number of nitrogens with one attached hydrogen (secondary N) is 2. The molecule has 1 aromatic carbocycles. The number of rotatable bonds is 7. The molecular weight excluding hydrogens is 358 g/mol. The first-order valence-corrected chi connectivity index (χ1v) is 10.3. The molecule has 27 heavy (non-hydrogen) atoms. The number of guanidine groups is 1. The van der Waals surface area contributed by atoms with Gasteiger partial charge in [0.1, 0.15) is 12.4 Å². The van der Waals surface area contributed by atoms with E-state index in [1.54, 1.807) is 18.4 Å². The van der Waals surface area contributed by atoms with Crippen LogP contribution >= 0.6 is 11.3 Å². The van der Waals surface area contributed by atoms with Crippen LogP contribution in [0.3, 0.4) is 0 Å². The van der Waals surface area contributed by atoms with Gasteiger partial charge in [-0.2, -0.15) is 0 Å². The molecule has 0 amide bonds. The predicted octanol–water partition coefficient (Wildman–Crippen LogP) is 3.79. The Morgan fingerprint density at radius 1 is 1.26 bits per heavy atom. The number of thiophene rings is 1. The van der Waals surface area contributed by atoms with Crippen LogP contribution in [0.5, 0.6) is 5.75 Å². The number of aliphatic imine (C=N–C) groups is 1. The maximum atomic E-state index is 6.08. The minimum absolute atomic E-state index is 0.217. The van der Waals surface area contributed by atoms with Crippen LogP contribution in [0, 0.1) is 13.8 Å². The van der Waals surface area contributed by atoms with E-state index < -0.39 is 0 Å². The van der Waals surface area contributed by atoms with Gasteiger partial charge in [-0.05, 0) is 55.3 Å². The van der Waals surface area contributed by atoms with Gasteiger partial charge in [-0.1, -0.05) is 12.1 Å². The van der Waals surface area contributed by atoms with Crippen LogP contribution in [-0.2, 0) is 17.8 Å². The second-order valence-corrected chi connectivity index (χ2v) is 7.86. The van der Waals surface area contributed by atoms with E-state index in [1.807, 2.05) is 0 Å². The lowest BCUT2D eigenvalue weighted by Gasteiger charge is -2.17. The van der Waals surface area contributed by atoms with Gasteiger partial charge in [-0.15, -0.1) is 11.3 Å². The maximum absolute atomic E-state index is 6.08. The van der Waals surface area contributed by atoms with Gasteiger partial charge in [0.05, 0.1) is 12.6 Å². The van der Waals surface area contributed by atoms with Crippen molar-refractivity contribution in [3.05, 3.63) is 51.2 Å². The lowest BCUT2D eigenvalue weighted by molar-refractivity contribution is 0.0676. The smallest absolute Gasteiger partial charge is 0.191 e. The van der Waals surface area contributed by atoms with E-state index >= 15 is 0 Å². The number of ether oxygens (including phenoxy) is 2. The molecule has 1 aliphatic rings. The van der Waals surface area contributed by atoms with Gasteiger partial charge >= 0.3 is 0 Å². The SMILES string of the molecule is CN=C(NCc1ccc(C)cc1OCC1CCCO1)NCc1sccc1C. The molecule has 1 fully saturated rings. The molecule has 2 aromatic rings. The van der Waals surface area contributed by atoms with Crippen LogP contribution in [-0.4, -0.2) is 32.3 Å². The average Bonchev–Trinajstić information content (AvgIpc) is 3.33. The predicted molar refractivity (Wildman–Crippen MR) is 112 cm³/mol. The zero-order valence-electron chi connectivity index (χ0n) is 16.4. The quantitative estimate of drug-likeness (QED) is 0.561. The average molecular weight is 388 g/mol. The summed E-state index contributed by atoms with van der Waals surface area (Å²) >= 11 is 1.76. The highest BCUT2D eigenvalue weighted by Gasteiger charge is 2.17. The number of hydrogen-bond donors (Lipinski definition) is 2. The zero-order valence-corrected chi connectivity index (χ0v) is 17.2. The molecule has 0 spiro atoms. The highest BCUT2D eigenvalue weighted by molar-refractivity contribution is 7.10. The Hall–Kier alpha value is -2.05. The van der Waals surface area contributed by atoms with Crippen LogP contribution in [0.4, 0.5) is 0 Å². The summed E-state index contributed by atoms with van der Waals surface area (Å²) in [7, 11) is 1.79. The first-order valence-electron chi connectivity index (χ1n) is 9.47. The highest BCUT2D eigenvalue weighted by atomic mass is 32.1.